The zero-order chi connectivity index (χ0) is 18.2. The number of benzene rings is 1. The lowest BCUT2D eigenvalue weighted by atomic mass is 9.82. The van der Waals surface area contributed by atoms with E-state index >= 15 is 0 Å². The molecule has 1 heterocycles. The highest BCUT2D eigenvalue weighted by Crippen LogP contribution is 2.33. The summed E-state index contributed by atoms with van der Waals surface area (Å²) in [6, 6.07) is 3.30. The molecule has 0 aromatic heterocycles. The average molecular weight is 346 g/mol. The highest BCUT2D eigenvalue weighted by atomic mass is 16.6. The van der Waals surface area contributed by atoms with E-state index in [1.807, 2.05) is 0 Å². The SMILES string of the molecule is Cc1ccc(C(=O)NN2C(=O)NC3(CCCCC3)C2=O)cc1[N+](=O)[O-]. The highest BCUT2D eigenvalue weighted by Gasteiger charge is 2.52. The number of nitro groups is 1. The first-order valence-corrected chi connectivity index (χ1v) is 8.07. The Morgan fingerprint density at radius 3 is 2.60 bits per heavy atom. The number of nitrogens with zero attached hydrogens (tertiary/aromatic N) is 2. The van der Waals surface area contributed by atoms with Gasteiger partial charge in [0.1, 0.15) is 5.54 Å². The molecule has 0 unspecified atom stereocenters. The van der Waals surface area contributed by atoms with Gasteiger partial charge in [-0.3, -0.25) is 25.1 Å². The lowest BCUT2D eigenvalue weighted by Crippen LogP contribution is -2.50. The number of aryl methyl sites for hydroxylation is 1. The predicted octanol–water partition coefficient (Wildman–Crippen LogP) is 1.80. The third-order valence-corrected chi connectivity index (χ3v) is 4.75. The van der Waals surface area contributed by atoms with E-state index in [4.69, 9.17) is 0 Å². The second-order valence-corrected chi connectivity index (χ2v) is 6.41. The van der Waals surface area contributed by atoms with E-state index < -0.39 is 28.3 Å². The first kappa shape index (κ1) is 16.9. The van der Waals surface area contributed by atoms with Gasteiger partial charge in [-0.15, -0.1) is 0 Å². The van der Waals surface area contributed by atoms with E-state index in [2.05, 4.69) is 10.7 Å². The van der Waals surface area contributed by atoms with Gasteiger partial charge in [-0.2, -0.15) is 5.01 Å². The molecule has 1 saturated carbocycles. The monoisotopic (exact) mass is 346 g/mol. The predicted molar refractivity (Wildman–Crippen MR) is 86.5 cm³/mol. The van der Waals surface area contributed by atoms with Crippen molar-refractivity contribution < 1.29 is 19.3 Å². The molecule has 2 N–H and O–H groups in total. The van der Waals surface area contributed by atoms with Gasteiger partial charge in [0.05, 0.1) is 4.92 Å². The number of hydrazine groups is 1. The maximum absolute atomic E-state index is 12.6. The maximum atomic E-state index is 12.6. The van der Waals surface area contributed by atoms with Crippen molar-refractivity contribution in [3.05, 3.63) is 39.4 Å². The fourth-order valence-electron chi connectivity index (χ4n) is 3.33. The van der Waals surface area contributed by atoms with Crippen molar-refractivity contribution in [2.75, 3.05) is 0 Å². The third-order valence-electron chi connectivity index (χ3n) is 4.75. The van der Waals surface area contributed by atoms with Crippen LogP contribution < -0.4 is 10.7 Å². The minimum absolute atomic E-state index is 0.00231. The molecule has 9 heteroatoms. The van der Waals surface area contributed by atoms with Crippen LogP contribution in [0.1, 0.15) is 48.0 Å². The Morgan fingerprint density at radius 1 is 1.28 bits per heavy atom. The van der Waals surface area contributed by atoms with Crippen molar-refractivity contribution in [3.63, 3.8) is 0 Å². The average Bonchev–Trinajstić information content (AvgIpc) is 2.79. The first-order valence-electron chi connectivity index (χ1n) is 8.07. The van der Waals surface area contributed by atoms with Crippen molar-refractivity contribution in [3.8, 4) is 0 Å². The Hall–Kier alpha value is -2.97. The summed E-state index contributed by atoms with van der Waals surface area (Å²) in [5.41, 5.74) is 1.54. The van der Waals surface area contributed by atoms with Crippen LogP contribution in [0.5, 0.6) is 0 Å². The Morgan fingerprint density at radius 2 is 1.96 bits per heavy atom. The number of urea groups is 1. The molecular weight excluding hydrogens is 328 g/mol. The maximum Gasteiger partial charge on any atom is 0.344 e. The van der Waals surface area contributed by atoms with Crippen LogP contribution in [-0.2, 0) is 4.79 Å². The molecule has 0 bridgehead atoms. The zero-order valence-electron chi connectivity index (χ0n) is 13.7. The lowest BCUT2D eigenvalue weighted by molar-refractivity contribution is -0.385. The molecule has 1 aromatic rings. The molecule has 9 nitrogen and oxygen atoms in total. The van der Waals surface area contributed by atoms with Crippen molar-refractivity contribution in [1.29, 1.82) is 0 Å². The second-order valence-electron chi connectivity index (χ2n) is 6.41. The fourth-order valence-corrected chi connectivity index (χ4v) is 3.33. The first-order chi connectivity index (χ1) is 11.8. The van der Waals surface area contributed by atoms with Crippen molar-refractivity contribution in [2.24, 2.45) is 0 Å². The summed E-state index contributed by atoms with van der Waals surface area (Å²) in [6.45, 7) is 1.56. The Labute approximate surface area is 143 Å². The molecule has 1 aliphatic heterocycles. The van der Waals surface area contributed by atoms with Crippen molar-refractivity contribution in [2.45, 2.75) is 44.6 Å². The van der Waals surface area contributed by atoms with Crippen molar-refractivity contribution >= 4 is 23.5 Å². The molecule has 2 fully saturated rings. The molecular formula is C16H18N4O5. The number of carbonyl (C=O) groups excluding carboxylic acids is 3. The van der Waals surface area contributed by atoms with E-state index in [-0.39, 0.29) is 11.3 Å². The van der Waals surface area contributed by atoms with Crippen LogP contribution in [0.15, 0.2) is 18.2 Å². The summed E-state index contributed by atoms with van der Waals surface area (Å²) in [5, 5.41) is 14.4. The van der Waals surface area contributed by atoms with E-state index in [9.17, 15) is 24.5 Å². The van der Waals surface area contributed by atoms with Gasteiger partial charge in [0, 0.05) is 17.2 Å². The van der Waals surface area contributed by atoms with E-state index in [0.717, 1.165) is 25.3 Å². The number of hydrogen-bond acceptors (Lipinski definition) is 5. The quantitative estimate of drug-likeness (QED) is 0.491. The molecule has 3 rings (SSSR count). The standard InChI is InChI=1S/C16H18N4O5/c1-10-5-6-11(9-12(10)20(24)25)13(21)18-19-14(22)16(17-15(19)23)7-3-2-4-8-16/h5-6,9H,2-4,7-8H2,1H3,(H,17,23)(H,18,21). The van der Waals surface area contributed by atoms with Crippen LogP contribution >= 0.6 is 0 Å². The van der Waals surface area contributed by atoms with Crippen LogP contribution in [0.2, 0.25) is 0 Å². The summed E-state index contributed by atoms with van der Waals surface area (Å²) in [4.78, 5) is 47.5. The molecule has 2 aliphatic rings. The van der Waals surface area contributed by atoms with Crippen LogP contribution in [0.4, 0.5) is 10.5 Å². The number of carbonyl (C=O) groups is 3. The normalized spacial score (nSPS) is 19.0. The van der Waals surface area contributed by atoms with E-state index in [0.29, 0.717) is 23.4 Å². The summed E-state index contributed by atoms with van der Waals surface area (Å²) in [5.74, 6) is -1.23. The number of amides is 4. The van der Waals surface area contributed by atoms with Crippen LogP contribution in [0.3, 0.4) is 0 Å². The van der Waals surface area contributed by atoms with Gasteiger partial charge in [-0.1, -0.05) is 25.3 Å². The summed E-state index contributed by atoms with van der Waals surface area (Å²) in [7, 11) is 0. The molecule has 1 aromatic carbocycles. The third kappa shape index (κ3) is 2.92. The number of rotatable bonds is 3. The minimum Gasteiger partial charge on any atom is -0.322 e. The van der Waals surface area contributed by atoms with Gasteiger partial charge < -0.3 is 5.32 Å². The summed E-state index contributed by atoms with van der Waals surface area (Å²) in [6.07, 6.45) is 3.75. The van der Waals surface area contributed by atoms with Gasteiger partial charge in [0.15, 0.2) is 0 Å². The number of nitro benzene ring substituents is 1. The number of imide groups is 1. The van der Waals surface area contributed by atoms with Gasteiger partial charge >= 0.3 is 6.03 Å². The Balaban J connectivity index is 1.79. The Bertz CT molecular complexity index is 770. The van der Waals surface area contributed by atoms with Crippen molar-refractivity contribution in [1.82, 2.24) is 15.8 Å². The molecule has 0 radical (unpaired) electrons. The molecule has 4 amide bonds. The van der Waals surface area contributed by atoms with Gasteiger partial charge in [0.25, 0.3) is 17.5 Å². The summed E-state index contributed by atoms with van der Waals surface area (Å²) >= 11 is 0. The molecule has 25 heavy (non-hydrogen) atoms. The zero-order valence-corrected chi connectivity index (χ0v) is 13.7. The Kier molecular flexibility index (Phi) is 4.15. The largest absolute Gasteiger partial charge is 0.344 e. The molecule has 1 saturated heterocycles. The number of hydrogen-bond donors (Lipinski definition) is 2. The van der Waals surface area contributed by atoms with Crippen LogP contribution in [0.25, 0.3) is 0 Å². The number of nitrogens with one attached hydrogen (secondary N) is 2. The van der Waals surface area contributed by atoms with Crippen LogP contribution in [-0.4, -0.2) is 33.3 Å². The topological polar surface area (TPSA) is 122 Å². The minimum atomic E-state index is -0.943. The molecule has 1 aliphatic carbocycles. The van der Waals surface area contributed by atoms with E-state index in [1.54, 1.807) is 6.92 Å². The van der Waals surface area contributed by atoms with Gasteiger partial charge in [-0.25, -0.2) is 4.79 Å². The lowest BCUT2D eigenvalue weighted by Gasteiger charge is -2.30. The highest BCUT2D eigenvalue weighted by molar-refractivity contribution is 6.09. The smallest absolute Gasteiger partial charge is 0.322 e. The van der Waals surface area contributed by atoms with Gasteiger partial charge in [0.2, 0.25) is 0 Å². The molecule has 132 valence electrons. The fraction of sp³-hybridized carbons (Fsp3) is 0.438. The van der Waals surface area contributed by atoms with E-state index in [1.165, 1.54) is 12.1 Å². The second kappa shape index (κ2) is 6.15. The summed E-state index contributed by atoms with van der Waals surface area (Å²) < 4.78 is 0. The van der Waals surface area contributed by atoms with Crippen LogP contribution in [0, 0.1) is 17.0 Å². The molecule has 0 atom stereocenters. The van der Waals surface area contributed by atoms with Gasteiger partial charge in [-0.05, 0) is 25.8 Å². The molecule has 1 spiro atoms.